The number of ether oxygens (including phenoxy) is 1. The van der Waals surface area contributed by atoms with Crippen LogP contribution in [0, 0.1) is 11.3 Å². The van der Waals surface area contributed by atoms with E-state index in [1.807, 2.05) is 18.2 Å². The molecule has 36 heavy (non-hydrogen) atoms. The van der Waals surface area contributed by atoms with Gasteiger partial charge in [0.25, 0.3) is 5.91 Å². The maximum atomic E-state index is 13.3. The number of nitrogens with zero attached hydrogens (tertiary/aromatic N) is 1. The number of hydrogen-bond acceptors (Lipinski definition) is 7. The van der Waals surface area contributed by atoms with Crippen LogP contribution >= 0.6 is 11.8 Å². The topological polar surface area (TPSA) is 116 Å². The minimum Gasteiger partial charge on any atom is -0.497 e. The number of hydrogen-bond donors (Lipinski definition) is 3. The van der Waals surface area contributed by atoms with Crippen molar-refractivity contribution in [1.29, 1.82) is 5.26 Å². The summed E-state index contributed by atoms with van der Waals surface area (Å²) in [6, 6.07) is 21.8. The minimum atomic E-state index is -0.720. The smallest absolute Gasteiger partial charge is 0.254 e. The van der Waals surface area contributed by atoms with Gasteiger partial charge in [-0.1, -0.05) is 30.0 Å². The van der Waals surface area contributed by atoms with Crippen molar-refractivity contribution in [2.75, 3.05) is 23.5 Å². The van der Waals surface area contributed by atoms with E-state index < -0.39 is 5.92 Å². The van der Waals surface area contributed by atoms with E-state index in [1.165, 1.54) is 18.0 Å². The summed E-state index contributed by atoms with van der Waals surface area (Å²) in [6.07, 6.45) is 1.50. The quantitative estimate of drug-likeness (QED) is 0.399. The van der Waals surface area contributed by atoms with Crippen molar-refractivity contribution in [3.63, 3.8) is 0 Å². The van der Waals surface area contributed by atoms with Gasteiger partial charge in [0.15, 0.2) is 0 Å². The highest BCUT2D eigenvalue weighted by Gasteiger charge is 2.36. The van der Waals surface area contributed by atoms with Crippen LogP contribution in [0.15, 0.2) is 99.3 Å². The molecule has 3 N–H and O–H groups in total. The monoisotopic (exact) mass is 500 g/mol. The first kappa shape index (κ1) is 24.7. The van der Waals surface area contributed by atoms with E-state index in [1.54, 1.807) is 62.6 Å². The number of amides is 2. The Morgan fingerprint density at radius 3 is 2.42 bits per heavy atom. The molecule has 0 bridgehead atoms. The molecule has 3 aromatic rings. The highest BCUT2D eigenvalue weighted by Crippen LogP contribution is 2.41. The zero-order valence-electron chi connectivity index (χ0n) is 19.7. The predicted octanol–water partition coefficient (Wildman–Crippen LogP) is 4.99. The van der Waals surface area contributed by atoms with Crippen LogP contribution in [0.3, 0.4) is 0 Å². The third-order valence-electron chi connectivity index (χ3n) is 5.47. The number of furan rings is 1. The maximum absolute atomic E-state index is 13.3. The number of carbonyl (C=O) groups is 2. The van der Waals surface area contributed by atoms with Gasteiger partial charge >= 0.3 is 0 Å². The highest BCUT2D eigenvalue weighted by atomic mass is 32.2. The van der Waals surface area contributed by atoms with Crippen molar-refractivity contribution in [2.45, 2.75) is 12.8 Å². The number of benzene rings is 2. The minimum absolute atomic E-state index is 0.0588. The number of rotatable bonds is 8. The van der Waals surface area contributed by atoms with Gasteiger partial charge < -0.3 is 25.1 Å². The van der Waals surface area contributed by atoms with Crippen LogP contribution in [0.4, 0.5) is 11.4 Å². The molecule has 0 saturated carbocycles. The summed E-state index contributed by atoms with van der Waals surface area (Å²) in [7, 11) is 1.57. The Hall–Kier alpha value is -4.42. The molecular weight excluding hydrogens is 476 g/mol. The van der Waals surface area contributed by atoms with Crippen LogP contribution in [0.5, 0.6) is 5.75 Å². The number of para-hydroxylation sites is 1. The lowest BCUT2D eigenvalue weighted by Crippen LogP contribution is -2.31. The largest absolute Gasteiger partial charge is 0.497 e. The molecule has 8 nitrogen and oxygen atoms in total. The lowest BCUT2D eigenvalue weighted by molar-refractivity contribution is -0.114. The van der Waals surface area contributed by atoms with Crippen molar-refractivity contribution in [3.05, 3.63) is 101 Å². The molecule has 182 valence electrons. The third kappa shape index (κ3) is 5.62. The van der Waals surface area contributed by atoms with Gasteiger partial charge in [-0.2, -0.15) is 5.26 Å². The SMILES string of the molecule is COc1ccc(NC(=O)CSC2=C(C#N)[C@@H](c3ccco3)C(C(=O)Nc3ccccc3)=C(C)N2)cc1. The summed E-state index contributed by atoms with van der Waals surface area (Å²) in [5.41, 5.74) is 2.52. The summed E-state index contributed by atoms with van der Waals surface area (Å²) in [6.45, 7) is 1.77. The molecule has 1 atom stereocenters. The molecule has 1 aromatic heterocycles. The molecule has 1 aliphatic heterocycles. The Morgan fingerprint density at radius 1 is 1.06 bits per heavy atom. The van der Waals surface area contributed by atoms with Crippen molar-refractivity contribution in [1.82, 2.24) is 5.32 Å². The number of allylic oxidation sites excluding steroid dienone is 2. The van der Waals surface area contributed by atoms with Crippen molar-refractivity contribution < 1.29 is 18.7 Å². The second kappa shape index (κ2) is 11.3. The molecular formula is C27H24N4O4S. The van der Waals surface area contributed by atoms with Crippen LogP contribution in [-0.2, 0) is 9.59 Å². The van der Waals surface area contributed by atoms with Crippen LogP contribution in [-0.4, -0.2) is 24.7 Å². The normalized spacial score (nSPS) is 15.1. The second-order valence-corrected chi connectivity index (χ2v) is 8.84. The van der Waals surface area contributed by atoms with Gasteiger partial charge in [0.05, 0.1) is 47.3 Å². The number of carbonyl (C=O) groups excluding carboxylic acids is 2. The van der Waals surface area contributed by atoms with Gasteiger partial charge in [0.1, 0.15) is 11.5 Å². The van der Waals surface area contributed by atoms with E-state index in [-0.39, 0.29) is 17.6 Å². The molecule has 0 spiro atoms. The number of nitriles is 1. The summed E-state index contributed by atoms with van der Waals surface area (Å²) in [5.74, 6) is -0.0879. The number of anilines is 2. The third-order valence-corrected chi connectivity index (χ3v) is 6.49. The first-order chi connectivity index (χ1) is 17.5. The average molecular weight is 501 g/mol. The molecule has 2 amide bonds. The van der Waals surface area contributed by atoms with Crippen LogP contribution in [0.2, 0.25) is 0 Å². The summed E-state index contributed by atoms with van der Waals surface area (Å²) in [5, 5.41) is 19.5. The average Bonchev–Trinajstić information content (AvgIpc) is 3.42. The van der Waals surface area contributed by atoms with E-state index >= 15 is 0 Å². The first-order valence-electron chi connectivity index (χ1n) is 11.1. The van der Waals surface area contributed by atoms with E-state index in [4.69, 9.17) is 9.15 Å². The van der Waals surface area contributed by atoms with Crippen molar-refractivity contribution >= 4 is 35.0 Å². The molecule has 2 aromatic carbocycles. The van der Waals surface area contributed by atoms with Crippen molar-refractivity contribution in [3.8, 4) is 11.8 Å². The van der Waals surface area contributed by atoms with E-state index in [0.717, 1.165) is 0 Å². The Morgan fingerprint density at radius 2 is 1.78 bits per heavy atom. The van der Waals surface area contributed by atoms with Crippen LogP contribution < -0.4 is 20.7 Å². The lowest BCUT2D eigenvalue weighted by Gasteiger charge is -2.28. The van der Waals surface area contributed by atoms with E-state index in [2.05, 4.69) is 22.0 Å². The Bertz CT molecular complexity index is 1340. The Balaban J connectivity index is 1.55. The zero-order valence-corrected chi connectivity index (χ0v) is 20.5. The number of methoxy groups -OCH3 is 1. The molecule has 0 aliphatic carbocycles. The second-order valence-electron chi connectivity index (χ2n) is 7.85. The van der Waals surface area contributed by atoms with Crippen LogP contribution in [0.1, 0.15) is 18.6 Å². The van der Waals surface area contributed by atoms with Gasteiger partial charge in [-0.3, -0.25) is 9.59 Å². The van der Waals surface area contributed by atoms with Gasteiger partial charge in [-0.05, 0) is 55.5 Å². The molecule has 9 heteroatoms. The fourth-order valence-electron chi connectivity index (χ4n) is 3.80. The Labute approximate surface area is 213 Å². The maximum Gasteiger partial charge on any atom is 0.254 e. The van der Waals surface area contributed by atoms with Crippen molar-refractivity contribution in [2.24, 2.45) is 0 Å². The zero-order chi connectivity index (χ0) is 25.5. The summed E-state index contributed by atoms with van der Waals surface area (Å²) < 4.78 is 10.8. The molecule has 4 rings (SSSR count). The van der Waals surface area contributed by atoms with Crippen LogP contribution in [0.25, 0.3) is 0 Å². The number of dihydropyridines is 1. The summed E-state index contributed by atoms with van der Waals surface area (Å²) >= 11 is 1.19. The highest BCUT2D eigenvalue weighted by molar-refractivity contribution is 8.03. The number of nitrogens with one attached hydrogen (secondary N) is 3. The van der Waals surface area contributed by atoms with Gasteiger partial charge in [0.2, 0.25) is 5.91 Å². The standard InChI is InChI=1S/C27H24N4O4S/c1-17-24(26(33)31-18-7-4-3-5-8-18)25(22-9-6-14-35-22)21(15-28)27(29-17)36-16-23(32)30-19-10-12-20(34-2)13-11-19/h3-14,25,29H,16H2,1-2H3,(H,30,32)(H,31,33)/t25-/m0/s1. The molecule has 0 radical (unpaired) electrons. The van der Waals surface area contributed by atoms with E-state index in [9.17, 15) is 14.9 Å². The number of thioether (sulfide) groups is 1. The fraction of sp³-hybridized carbons (Fsp3) is 0.148. The summed E-state index contributed by atoms with van der Waals surface area (Å²) in [4.78, 5) is 25.9. The molecule has 0 unspecified atom stereocenters. The van der Waals surface area contributed by atoms with Gasteiger partial charge in [-0.15, -0.1) is 0 Å². The molecule has 0 fully saturated rings. The fourth-order valence-corrected chi connectivity index (χ4v) is 4.69. The molecule has 0 saturated heterocycles. The van der Waals surface area contributed by atoms with Gasteiger partial charge in [-0.25, -0.2) is 0 Å². The first-order valence-corrected chi connectivity index (χ1v) is 12.1. The predicted molar refractivity (Wildman–Crippen MR) is 139 cm³/mol. The van der Waals surface area contributed by atoms with E-state index in [0.29, 0.717) is 44.8 Å². The lowest BCUT2D eigenvalue weighted by atomic mass is 9.85. The molecule has 2 heterocycles. The van der Waals surface area contributed by atoms with Gasteiger partial charge in [0, 0.05) is 17.1 Å². The molecule has 1 aliphatic rings. The Kier molecular flexibility index (Phi) is 7.78.